The number of halogens is 4. The average molecular weight is 531 g/mol. The first-order chi connectivity index (χ1) is 13.3. The Kier molecular flexibility index (Phi) is 10.9. The molecule has 6 nitrogen and oxygen atoms in total. The summed E-state index contributed by atoms with van der Waals surface area (Å²) in [6.07, 6.45) is -1.32. The molecule has 0 spiro atoms. The lowest BCUT2D eigenvalue weighted by Crippen LogP contribution is -2.45. The molecule has 1 saturated carbocycles. The summed E-state index contributed by atoms with van der Waals surface area (Å²) in [7, 11) is 1.38. The Hall–Kier alpha value is -1.43. The van der Waals surface area contributed by atoms with E-state index in [1.165, 1.54) is 13.2 Å². The fourth-order valence-corrected chi connectivity index (χ4v) is 2.99. The maximum atomic E-state index is 12.3. The minimum absolute atomic E-state index is 0. The van der Waals surface area contributed by atoms with Crippen LogP contribution in [0.4, 0.5) is 13.2 Å². The molecule has 29 heavy (non-hydrogen) atoms. The summed E-state index contributed by atoms with van der Waals surface area (Å²) in [5.74, 6) is 0.940. The molecule has 1 aliphatic rings. The lowest BCUT2D eigenvalue weighted by atomic mass is 9.93. The topological polar surface area (TPSA) is 75.1 Å². The van der Waals surface area contributed by atoms with Gasteiger partial charge in [-0.3, -0.25) is 0 Å². The van der Waals surface area contributed by atoms with Crippen molar-refractivity contribution in [2.75, 3.05) is 20.3 Å². The van der Waals surface area contributed by atoms with Crippen LogP contribution >= 0.6 is 24.0 Å². The molecule has 1 fully saturated rings. The maximum Gasteiger partial charge on any atom is 0.422 e. The molecule has 0 heterocycles. The second-order valence-corrected chi connectivity index (χ2v) is 6.73. The number of aliphatic hydroxyl groups is 1. The molecular weight excluding hydrogens is 502 g/mol. The number of benzene rings is 1. The molecule has 1 aromatic rings. The molecule has 1 aromatic carbocycles. The molecule has 166 valence electrons. The van der Waals surface area contributed by atoms with E-state index in [2.05, 4.69) is 15.6 Å². The summed E-state index contributed by atoms with van der Waals surface area (Å²) in [4.78, 5) is 4.54. The van der Waals surface area contributed by atoms with E-state index in [9.17, 15) is 18.3 Å². The normalized spacial score (nSPS) is 19.9. The van der Waals surface area contributed by atoms with Crippen molar-refractivity contribution < 1.29 is 27.8 Å². The largest absolute Gasteiger partial charge is 0.493 e. The molecule has 0 saturated heterocycles. The van der Waals surface area contributed by atoms with Crippen molar-refractivity contribution in [3.8, 4) is 11.5 Å². The molecule has 0 aliphatic heterocycles. The van der Waals surface area contributed by atoms with Crippen LogP contribution < -0.4 is 20.1 Å². The summed E-state index contributed by atoms with van der Waals surface area (Å²) < 4.78 is 47.0. The van der Waals surface area contributed by atoms with Gasteiger partial charge in [0.1, 0.15) is 0 Å². The summed E-state index contributed by atoms with van der Waals surface area (Å²) in [5, 5.41) is 16.2. The quantitative estimate of drug-likeness (QED) is 0.285. The van der Waals surface area contributed by atoms with E-state index in [0.29, 0.717) is 19.0 Å². The highest BCUT2D eigenvalue weighted by Gasteiger charge is 2.29. The number of nitrogens with zero attached hydrogens (tertiary/aromatic N) is 1. The van der Waals surface area contributed by atoms with Crippen molar-refractivity contribution in [2.24, 2.45) is 4.99 Å². The van der Waals surface area contributed by atoms with Crippen LogP contribution in [0.25, 0.3) is 0 Å². The number of rotatable bonds is 7. The number of aliphatic imine (C=N–C) groups is 1. The standard InChI is InChI=1S/C19H28F3N3O3.HI/c1-3-23-18(25-14-5-7-15(26)8-6-14)24-11-13-4-9-16(17(10-13)27-2)28-12-19(20,21)22;/h4,9-10,14-15,26H,3,5-8,11-12H2,1-2H3,(H2,23,24,25);1H. The second-order valence-electron chi connectivity index (χ2n) is 6.73. The van der Waals surface area contributed by atoms with Crippen molar-refractivity contribution in [2.45, 2.75) is 57.5 Å². The fourth-order valence-electron chi connectivity index (χ4n) is 2.99. The van der Waals surface area contributed by atoms with Crippen molar-refractivity contribution >= 4 is 29.9 Å². The summed E-state index contributed by atoms with van der Waals surface area (Å²) in [5.41, 5.74) is 0.785. The van der Waals surface area contributed by atoms with Gasteiger partial charge in [-0.05, 0) is 50.3 Å². The first kappa shape index (κ1) is 25.6. The predicted molar refractivity (Wildman–Crippen MR) is 116 cm³/mol. The number of aliphatic hydroxyl groups excluding tert-OH is 1. The summed E-state index contributed by atoms with van der Waals surface area (Å²) in [6, 6.07) is 5.00. The highest BCUT2D eigenvalue weighted by Crippen LogP contribution is 2.30. The van der Waals surface area contributed by atoms with E-state index < -0.39 is 12.8 Å². The van der Waals surface area contributed by atoms with Gasteiger partial charge in [0.05, 0.1) is 19.8 Å². The van der Waals surface area contributed by atoms with Crippen LogP contribution in [0.2, 0.25) is 0 Å². The first-order valence-electron chi connectivity index (χ1n) is 9.40. The van der Waals surface area contributed by atoms with Gasteiger partial charge in [-0.2, -0.15) is 13.2 Å². The molecule has 0 atom stereocenters. The first-order valence-corrected chi connectivity index (χ1v) is 9.40. The number of methoxy groups -OCH3 is 1. The van der Waals surface area contributed by atoms with Crippen LogP contribution in [0.15, 0.2) is 23.2 Å². The Morgan fingerprint density at radius 2 is 1.90 bits per heavy atom. The molecule has 0 amide bonds. The van der Waals surface area contributed by atoms with Gasteiger partial charge in [-0.15, -0.1) is 24.0 Å². The number of hydrogen-bond acceptors (Lipinski definition) is 4. The monoisotopic (exact) mass is 531 g/mol. The number of guanidine groups is 1. The third kappa shape index (κ3) is 9.28. The average Bonchev–Trinajstić information content (AvgIpc) is 2.66. The van der Waals surface area contributed by atoms with Gasteiger partial charge in [0.25, 0.3) is 0 Å². The van der Waals surface area contributed by atoms with E-state index >= 15 is 0 Å². The SMILES string of the molecule is CCNC(=NCc1ccc(OCC(F)(F)F)c(OC)c1)NC1CCC(O)CC1.I. The zero-order valence-electron chi connectivity index (χ0n) is 16.6. The van der Waals surface area contributed by atoms with Gasteiger partial charge in [-0.25, -0.2) is 4.99 Å². The lowest BCUT2D eigenvalue weighted by molar-refractivity contribution is -0.153. The van der Waals surface area contributed by atoms with Gasteiger partial charge < -0.3 is 25.2 Å². The number of nitrogens with one attached hydrogen (secondary N) is 2. The van der Waals surface area contributed by atoms with E-state index in [0.717, 1.165) is 31.2 Å². The van der Waals surface area contributed by atoms with Crippen LogP contribution in [0.5, 0.6) is 11.5 Å². The number of alkyl halides is 3. The highest BCUT2D eigenvalue weighted by atomic mass is 127. The predicted octanol–water partition coefficient (Wildman–Crippen LogP) is 3.61. The molecule has 3 N–H and O–H groups in total. The second kappa shape index (κ2) is 12.3. The van der Waals surface area contributed by atoms with Crippen LogP contribution in [-0.4, -0.2) is 49.6 Å². The lowest BCUT2D eigenvalue weighted by Gasteiger charge is -2.27. The zero-order chi connectivity index (χ0) is 20.6. The smallest absolute Gasteiger partial charge is 0.422 e. The summed E-state index contributed by atoms with van der Waals surface area (Å²) in [6.45, 7) is 1.64. The number of ether oxygens (including phenoxy) is 2. The fraction of sp³-hybridized carbons (Fsp3) is 0.632. The van der Waals surface area contributed by atoms with E-state index in [4.69, 9.17) is 9.47 Å². The van der Waals surface area contributed by atoms with Crippen LogP contribution in [0, 0.1) is 0 Å². The third-order valence-electron chi connectivity index (χ3n) is 4.42. The Labute approximate surface area is 186 Å². The minimum Gasteiger partial charge on any atom is -0.493 e. The van der Waals surface area contributed by atoms with Crippen molar-refractivity contribution in [3.05, 3.63) is 23.8 Å². The summed E-state index contributed by atoms with van der Waals surface area (Å²) >= 11 is 0. The molecule has 10 heteroatoms. The molecule has 0 aromatic heterocycles. The number of hydrogen-bond donors (Lipinski definition) is 3. The Bertz CT molecular complexity index is 651. The molecule has 0 unspecified atom stereocenters. The van der Waals surface area contributed by atoms with Gasteiger partial charge in [0.2, 0.25) is 0 Å². The van der Waals surface area contributed by atoms with E-state index in [1.54, 1.807) is 12.1 Å². The molecular formula is C19H29F3IN3O3. The molecule has 0 bridgehead atoms. The molecule has 2 rings (SSSR count). The van der Waals surface area contributed by atoms with Gasteiger partial charge >= 0.3 is 6.18 Å². The van der Waals surface area contributed by atoms with E-state index in [1.807, 2.05) is 6.92 Å². The Morgan fingerprint density at radius 1 is 1.21 bits per heavy atom. The minimum atomic E-state index is -4.41. The van der Waals surface area contributed by atoms with Crippen molar-refractivity contribution in [3.63, 3.8) is 0 Å². The Balaban J connectivity index is 0.00000420. The maximum absolute atomic E-state index is 12.3. The van der Waals surface area contributed by atoms with Gasteiger partial charge in [0, 0.05) is 12.6 Å². The van der Waals surface area contributed by atoms with Crippen LogP contribution in [0.1, 0.15) is 38.2 Å². The Morgan fingerprint density at radius 3 is 2.48 bits per heavy atom. The zero-order valence-corrected chi connectivity index (χ0v) is 18.9. The van der Waals surface area contributed by atoms with Gasteiger partial charge in [-0.1, -0.05) is 6.07 Å². The van der Waals surface area contributed by atoms with Crippen LogP contribution in [-0.2, 0) is 6.54 Å². The molecule has 1 aliphatic carbocycles. The third-order valence-corrected chi connectivity index (χ3v) is 4.42. The molecule has 0 radical (unpaired) electrons. The highest BCUT2D eigenvalue weighted by molar-refractivity contribution is 14.0. The van der Waals surface area contributed by atoms with Crippen LogP contribution in [0.3, 0.4) is 0 Å². The van der Waals surface area contributed by atoms with E-state index in [-0.39, 0.29) is 47.6 Å². The van der Waals surface area contributed by atoms with Crippen molar-refractivity contribution in [1.29, 1.82) is 0 Å². The van der Waals surface area contributed by atoms with Gasteiger partial charge in [0.15, 0.2) is 24.1 Å². The van der Waals surface area contributed by atoms with Crippen molar-refractivity contribution in [1.82, 2.24) is 10.6 Å².